The highest BCUT2D eigenvalue weighted by molar-refractivity contribution is 5.95. The Kier molecular flexibility index (Phi) is 7.83. The van der Waals surface area contributed by atoms with Crippen molar-refractivity contribution in [3.05, 3.63) is 59.4 Å². The number of rotatable bonds is 7. The van der Waals surface area contributed by atoms with E-state index >= 15 is 0 Å². The standard InChI is InChI=1S/C23H30FN5O2/c1-3-28-10-12-29(13-11-28)20-8-9-21(17(2)14-20)27-22(30)16-26-23(31)25-15-18-4-6-19(24)7-5-18/h4-9,14H,3,10-13,15-16H2,1-2H3,(H,27,30)(H2,25,26,31). The van der Waals surface area contributed by atoms with Crippen LogP contribution in [0.2, 0.25) is 0 Å². The number of nitrogens with one attached hydrogen (secondary N) is 3. The Morgan fingerprint density at radius 1 is 1.00 bits per heavy atom. The van der Waals surface area contributed by atoms with Gasteiger partial charge >= 0.3 is 6.03 Å². The first-order chi connectivity index (χ1) is 14.9. The second-order valence-corrected chi connectivity index (χ2v) is 7.63. The summed E-state index contributed by atoms with van der Waals surface area (Å²) in [4.78, 5) is 28.9. The van der Waals surface area contributed by atoms with Gasteiger partial charge in [-0.3, -0.25) is 4.79 Å². The molecule has 1 fully saturated rings. The van der Waals surface area contributed by atoms with Gasteiger partial charge < -0.3 is 25.8 Å². The fourth-order valence-electron chi connectivity index (χ4n) is 3.51. The summed E-state index contributed by atoms with van der Waals surface area (Å²) in [6.07, 6.45) is 0. The predicted octanol–water partition coefficient (Wildman–Crippen LogP) is 2.71. The van der Waals surface area contributed by atoms with E-state index in [1.807, 2.05) is 19.1 Å². The number of halogens is 1. The number of likely N-dealkylation sites (N-methyl/N-ethyl adjacent to an activating group) is 1. The molecule has 7 nitrogen and oxygen atoms in total. The summed E-state index contributed by atoms with van der Waals surface area (Å²) in [6, 6.07) is 11.4. The highest BCUT2D eigenvalue weighted by Crippen LogP contribution is 2.23. The van der Waals surface area contributed by atoms with Gasteiger partial charge in [-0.1, -0.05) is 19.1 Å². The molecule has 3 N–H and O–H groups in total. The first-order valence-electron chi connectivity index (χ1n) is 10.6. The SMILES string of the molecule is CCN1CCN(c2ccc(NC(=O)CNC(=O)NCc3ccc(F)cc3)c(C)c2)CC1. The van der Waals surface area contributed by atoms with E-state index in [2.05, 4.69) is 38.7 Å². The number of hydrogen-bond acceptors (Lipinski definition) is 4. The molecule has 0 aliphatic carbocycles. The smallest absolute Gasteiger partial charge is 0.315 e. The van der Waals surface area contributed by atoms with Crippen molar-refractivity contribution >= 4 is 23.3 Å². The lowest BCUT2D eigenvalue weighted by molar-refractivity contribution is -0.115. The molecule has 166 valence electrons. The highest BCUT2D eigenvalue weighted by atomic mass is 19.1. The summed E-state index contributed by atoms with van der Waals surface area (Å²) in [7, 11) is 0. The number of urea groups is 1. The van der Waals surface area contributed by atoms with Crippen molar-refractivity contribution in [3.8, 4) is 0 Å². The lowest BCUT2D eigenvalue weighted by Gasteiger charge is -2.35. The van der Waals surface area contributed by atoms with Gasteiger partial charge in [-0.25, -0.2) is 9.18 Å². The molecule has 1 aliphatic rings. The molecule has 0 spiro atoms. The van der Waals surface area contributed by atoms with E-state index in [1.54, 1.807) is 12.1 Å². The molecule has 2 aromatic rings. The molecule has 0 saturated carbocycles. The molecule has 0 radical (unpaired) electrons. The second kappa shape index (κ2) is 10.8. The van der Waals surface area contributed by atoms with Crippen LogP contribution in [0.1, 0.15) is 18.1 Å². The molecule has 1 aliphatic heterocycles. The maximum Gasteiger partial charge on any atom is 0.315 e. The van der Waals surface area contributed by atoms with E-state index in [0.717, 1.165) is 55.2 Å². The van der Waals surface area contributed by atoms with Crippen molar-refractivity contribution in [2.75, 3.05) is 49.5 Å². The zero-order chi connectivity index (χ0) is 22.2. The van der Waals surface area contributed by atoms with Gasteiger partial charge in [0.2, 0.25) is 5.91 Å². The molecule has 2 aromatic carbocycles. The van der Waals surface area contributed by atoms with E-state index in [0.29, 0.717) is 0 Å². The number of anilines is 2. The van der Waals surface area contributed by atoms with Crippen LogP contribution in [0.15, 0.2) is 42.5 Å². The average Bonchev–Trinajstić information content (AvgIpc) is 2.78. The number of amides is 3. The summed E-state index contributed by atoms with van der Waals surface area (Å²) in [5, 5.41) is 8.01. The maximum atomic E-state index is 12.9. The Balaban J connectivity index is 1.43. The Morgan fingerprint density at radius 2 is 1.71 bits per heavy atom. The molecular weight excluding hydrogens is 397 g/mol. The van der Waals surface area contributed by atoms with Crippen molar-refractivity contribution in [1.82, 2.24) is 15.5 Å². The molecule has 1 saturated heterocycles. The number of aryl methyl sites for hydroxylation is 1. The van der Waals surface area contributed by atoms with Crippen LogP contribution in [0.5, 0.6) is 0 Å². The van der Waals surface area contributed by atoms with E-state index in [4.69, 9.17) is 0 Å². The second-order valence-electron chi connectivity index (χ2n) is 7.63. The molecule has 8 heteroatoms. The lowest BCUT2D eigenvalue weighted by Crippen LogP contribution is -2.46. The van der Waals surface area contributed by atoms with Crippen LogP contribution in [0.25, 0.3) is 0 Å². The van der Waals surface area contributed by atoms with E-state index in [-0.39, 0.29) is 24.8 Å². The molecule has 0 atom stereocenters. The summed E-state index contributed by atoms with van der Waals surface area (Å²) in [5.74, 6) is -0.628. The fourth-order valence-corrected chi connectivity index (χ4v) is 3.51. The summed E-state index contributed by atoms with van der Waals surface area (Å²) in [5.41, 5.74) is 3.64. The van der Waals surface area contributed by atoms with Gasteiger partial charge in [0, 0.05) is 44.1 Å². The van der Waals surface area contributed by atoms with Crippen LogP contribution in [0.3, 0.4) is 0 Å². The Labute approximate surface area is 182 Å². The first kappa shape index (κ1) is 22.6. The molecule has 0 unspecified atom stereocenters. The van der Waals surface area contributed by atoms with Crippen LogP contribution < -0.4 is 20.9 Å². The minimum absolute atomic E-state index is 0.143. The number of piperazine rings is 1. The molecule has 0 aromatic heterocycles. The molecule has 0 bridgehead atoms. The normalized spacial score (nSPS) is 14.2. The molecule has 3 rings (SSSR count). The zero-order valence-corrected chi connectivity index (χ0v) is 18.1. The minimum atomic E-state index is -0.460. The minimum Gasteiger partial charge on any atom is -0.369 e. The fraction of sp³-hybridized carbons (Fsp3) is 0.391. The third kappa shape index (κ3) is 6.68. The maximum absolute atomic E-state index is 12.9. The van der Waals surface area contributed by atoms with Gasteiger partial charge in [0.25, 0.3) is 0 Å². The van der Waals surface area contributed by atoms with Gasteiger partial charge in [0.05, 0.1) is 6.54 Å². The molecule has 1 heterocycles. The summed E-state index contributed by atoms with van der Waals surface area (Å²) in [6.45, 7) is 9.44. The highest BCUT2D eigenvalue weighted by Gasteiger charge is 2.16. The van der Waals surface area contributed by atoms with Crippen LogP contribution >= 0.6 is 0 Å². The number of benzene rings is 2. The third-order valence-electron chi connectivity index (χ3n) is 5.44. The van der Waals surface area contributed by atoms with Gasteiger partial charge in [-0.2, -0.15) is 0 Å². The monoisotopic (exact) mass is 427 g/mol. The van der Waals surface area contributed by atoms with Crippen LogP contribution in [-0.4, -0.2) is 56.1 Å². The number of hydrogen-bond donors (Lipinski definition) is 3. The van der Waals surface area contributed by atoms with Gasteiger partial charge in [-0.15, -0.1) is 0 Å². The van der Waals surface area contributed by atoms with Gasteiger partial charge in [-0.05, 0) is 54.9 Å². The van der Waals surface area contributed by atoms with Crippen molar-refractivity contribution in [2.45, 2.75) is 20.4 Å². The largest absolute Gasteiger partial charge is 0.369 e. The Morgan fingerprint density at radius 3 is 2.35 bits per heavy atom. The Hall–Kier alpha value is -3.13. The average molecular weight is 428 g/mol. The topological polar surface area (TPSA) is 76.7 Å². The van der Waals surface area contributed by atoms with Crippen LogP contribution in [-0.2, 0) is 11.3 Å². The number of carbonyl (C=O) groups is 2. The van der Waals surface area contributed by atoms with Crippen LogP contribution in [0, 0.1) is 12.7 Å². The third-order valence-corrected chi connectivity index (χ3v) is 5.44. The molecular formula is C23H30FN5O2. The molecule has 3 amide bonds. The first-order valence-corrected chi connectivity index (χ1v) is 10.6. The predicted molar refractivity (Wildman–Crippen MR) is 121 cm³/mol. The van der Waals surface area contributed by atoms with E-state index in [1.165, 1.54) is 12.1 Å². The lowest BCUT2D eigenvalue weighted by atomic mass is 10.1. The van der Waals surface area contributed by atoms with E-state index < -0.39 is 6.03 Å². The Bertz CT molecular complexity index is 895. The number of carbonyl (C=O) groups excluding carboxylic acids is 2. The quantitative estimate of drug-likeness (QED) is 0.635. The van der Waals surface area contributed by atoms with Gasteiger partial charge in [0.1, 0.15) is 5.82 Å². The van der Waals surface area contributed by atoms with Crippen LogP contribution in [0.4, 0.5) is 20.6 Å². The van der Waals surface area contributed by atoms with Gasteiger partial charge in [0.15, 0.2) is 0 Å². The molecule has 31 heavy (non-hydrogen) atoms. The van der Waals surface area contributed by atoms with Crippen molar-refractivity contribution in [1.29, 1.82) is 0 Å². The van der Waals surface area contributed by atoms with Crippen molar-refractivity contribution in [3.63, 3.8) is 0 Å². The summed E-state index contributed by atoms with van der Waals surface area (Å²) < 4.78 is 12.9. The van der Waals surface area contributed by atoms with E-state index in [9.17, 15) is 14.0 Å². The summed E-state index contributed by atoms with van der Waals surface area (Å²) >= 11 is 0. The van der Waals surface area contributed by atoms with Crippen molar-refractivity contribution < 1.29 is 14.0 Å². The van der Waals surface area contributed by atoms with Crippen molar-refractivity contribution in [2.24, 2.45) is 0 Å². The number of nitrogens with zero attached hydrogens (tertiary/aromatic N) is 2. The zero-order valence-electron chi connectivity index (χ0n) is 18.1.